The molecule has 1 aromatic carbocycles. The summed E-state index contributed by atoms with van der Waals surface area (Å²) in [5.41, 5.74) is 0.768. The van der Waals surface area contributed by atoms with Crippen molar-refractivity contribution in [1.29, 1.82) is 0 Å². The average Bonchev–Trinajstić information content (AvgIpc) is 2.71. The molecule has 1 fully saturated rings. The second-order valence-electron chi connectivity index (χ2n) is 3.98. The van der Waals surface area contributed by atoms with Crippen LogP contribution in [0, 0.1) is 5.92 Å². The third-order valence-corrected chi connectivity index (χ3v) is 3.37. The van der Waals surface area contributed by atoms with Crippen molar-refractivity contribution >= 4 is 40.6 Å². The van der Waals surface area contributed by atoms with E-state index >= 15 is 0 Å². The minimum absolute atomic E-state index is 0.0353. The molecular weight excluding hydrogens is 261 g/mol. The van der Waals surface area contributed by atoms with Crippen molar-refractivity contribution in [3.63, 3.8) is 0 Å². The van der Waals surface area contributed by atoms with E-state index in [-0.39, 0.29) is 29.9 Å². The molecule has 1 aliphatic heterocycles. The van der Waals surface area contributed by atoms with Crippen LogP contribution in [0.3, 0.4) is 0 Å². The second kappa shape index (κ2) is 5.07. The predicted octanol–water partition coefficient (Wildman–Crippen LogP) is 2.50. The summed E-state index contributed by atoms with van der Waals surface area (Å²) in [5, 5.41) is 0.619. The molecule has 1 aromatic rings. The Morgan fingerprint density at radius 2 is 2.00 bits per heavy atom. The first-order chi connectivity index (χ1) is 8.11. The van der Waals surface area contributed by atoms with Crippen LogP contribution in [0.1, 0.15) is 6.42 Å². The van der Waals surface area contributed by atoms with Gasteiger partial charge in [0.05, 0.1) is 5.88 Å². The maximum absolute atomic E-state index is 11.8. The average molecular weight is 272 g/mol. The van der Waals surface area contributed by atoms with Crippen LogP contribution in [-0.2, 0) is 9.59 Å². The topological polar surface area (TPSA) is 37.4 Å². The van der Waals surface area contributed by atoms with Gasteiger partial charge in [-0.1, -0.05) is 11.6 Å². The number of anilines is 1. The zero-order chi connectivity index (χ0) is 12.4. The molecule has 1 unspecified atom stereocenters. The van der Waals surface area contributed by atoms with Crippen molar-refractivity contribution in [2.75, 3.05) is 17.3 Å². The van der Waals surface area contributed by atoms with Gasteiger partial charge in [0.2, 0.25) is 5.91 Å². The Kier molecular flexibility index (Phi) is 3.69. The Balaban J connectivity index is 2.15. The lowest BCUT2D eigenvalue weighted by atomic mass is 10.1. The molecular formula is C12H11Cl2NO2. The minimum atomic E-state index is -0.282. The van der Waals surface area contributed by atoms with Gasteiger partial charge in [0.1, 0.15) is 0 Å². The maximum Gasteiger partial charge on any atom is 0.227 e. The third-order valence-electron chi connectivity index (χ3n) is 2.85. The number of benzene rings is 1. The molecule has 1 amide bonds. The van der Waals surface area contributed by atoms with Crippen LogP contribution in [0.4, 0.5) is 5.69 Å². The molecule has 1 aliphatic rings. The Hall–Kier alpha value is -1.06. The molecule has 3 nitrogen and oxygen atoms in total. The van der Waals surface area contributed by atoms with Crippen LogP contribution in [0.25, 0.3) is 0 Å². The molecule has 17 heavy (non-hydrogen) atoms. The molecule has 0 N–H and O–H groups in total. The van der Waals surface area contributed by atoms with Crippen LogP contribution in [0.15, 0.2) is 24.3 Å². The van der Waals surface area contributed by atoms with Crippen molar-refractivity contribution in [2.24, 2.45) is 5.92 Å². The second-order valence-corrected chi connectivity index (χ2v) is 4.69. The van der Waals surface area contributed by atoms with Gasteiger partial charge in [-0.05, 0) is 24.3 Å². The maximum atomic E-state index is 11.8. The minimum Gasteiger partial charge on any atom is -0.312 e. The monoisotopic (exact) mass is 271 g/mol. The number of amides is 1. The number of carbonyl (C=O) groups excluding carboxylic acids is 2. The van der Waals surface area contributed by atoms with Gasteiger partial charge in [-0.15, -0.1) is 11.6 Å². The zero-order valence-corrected chi connectivity index (χ0v) is 10.5. The molecule has 0 spiro atoms. The highest BCUT2D eigenvalue weighted by atomic mass is 35.5. The summed E-state index contributed by atoms with van der Waals surface area (Å²) in [5.74, 6) is -0.435. The highest BCUT2D eigenvalue weighted by molar-refractivity contribution is 6.30. The Morgan fingerprint density at radius 1 is 1.35 bits per heavy atom. The number of carbonyl (C=O) groups is 2. The summed E-state index contributed by atoms with van der Waals surface area (Å²) in [6.07, 6.45) is 0.244. The number of nitrogens with zero attached hydrogens (tertiary/aromatic N) is 1. The highest BCUT2D eigenvalue weighted by Gasteiger charge is 2.34. The molecule has 90 valence electrons. The summed E-state index contributed by atoms with van der Waals surface area (Å²) in [6.45, 7) is 0.409. The SMILES string of the molecule is O=C(CCl)C1CC(=O)N(c2ccc(Cl)cc2)C1. The van der Waals surface area contributed by atoms with Crippen molar-refractivity contribution < 1.29 is 9.59 Å². The standard InChI is InChI=1S/C12H11Cl2NO2/c13-6-11(16)8-5-12(17)15(7-8)10-3-1-9(14)2-4-10/h1-4,8H,5-7H2. The Labute approximate surface area is 109 Å². The largest absolute Gasteiger partial charge is 0.312 e. The van der Waals surface area contributed by atoms with Gasteiger partial charge in [0.25, 0.3) is 0 Å². The lowest BCUT2D eigenvalue weighted by Crippen LogP contribution is -2.25. The molecule has 0 bridgehead atoms. The first kappa shape index (κ1) is 12.4. The zero-order valence-electron chi connectivity index (χ0n) is 9.03. The normalized spacial score (nSPS) is 19.8. The van der Waals surface area contributed by atoms with Crippen LogP contribution in [0.5, 0.6) is 0 Å². The highest BCUT2D eigenvalue weighted by Crippen LogP contribution is 2.26. The lowest BCUT2D eigenvalue weighted by Gasteiger charge is -2.16. The van der Waals surface area contributed by atoms with E-state index in [1.807, 2.05) is 0 Å². The number of Topliss-reactive ketones (excluding diaryl/α,β-unsaturated/α-hetero) is 1. The number of halogens is 2. The predicted molar refractivity (Wildman–Crippen MR) is 67.6 cm³/mol. The summed E-state index contributed by atoms with van der Waals surface area (Å²) in [6, 6.07) is 6.99. The van der Waals surface area contributed by atoms with E-state index in [0.29, 0.717) is 11.6 Å². The molecule has 0 aliphatic carbocycles. The molecule has 2 rings (SSSR count). The van der Waals surface area contributed by atoms with Gasteiger partial charge >= 0.3 is 0 Å². The lowest BCUT2D eigenvalue weighted by molar-refractivity contribution is -0.122. The number of hydrogen-bond donors (Lipinski definition) is 0. The Bertz CT molecular complexity index is 444. The van der Waals surface area contributed by atoms with Crippen molar-refractivity contribution in [2.45, 2.75) is 6.42 Å². The third kappa shape index (κ3) is 2.61. The van der Waals surface area contributed by atoms with Gasteiger partial charge < -0.3 is 4.90 Å². The molecule has 5 heteroatoms. The summed E-state index contributed by atoms with van der Waals surface area (Å²) in [7, 11) is 0. The van der Waals surface area contributed by atoms with E-state index in [1.165, 1.54) is 0 Å². The van der Waals surface area contributed by atoms with Gasteiger partial charge in [-0.2, -0.15) is 0 Å². The number of hydrogen-bond acceptors (Lipinski definition) is 2. The van der Waals surface area contributed by atoms with Crippen LogP contribution >= 0.6 is 23.2 Å². The van der Waals surface area contributed by atoms with E-state index in [4.69, 9.17) is 23.2 Å². The summed E-state index contributed by atoms with van der Waals surface area (Å²) in [4.78, 5) is 24.8. The van der Waals surface area contributed by atoms with E-state index < -0.39 is 0 Å². The van der Waals surface area contributed by atoms with Gasteiger partial charge in [-0.3, -0.25) is 9.59 Å². The van der Waals surface area contributed by atoms with Crippen molar-refractivity contribution in [1.82, 2.24) is 0 Å². The fourth-order valence-electron chi connectivity index (χ4n) is 1.90. The molecule has 1 atom stereocenters. The fraction of sp³-hybridized carbons (Fsp3) is 0.333. The van der Waals surface area contributed by atoms with E-state index in [1.54, 1.807) is 29.2 Å². The van der Waals surface area contributed by atoms with Crippen molar-refractivity contribution in [3.8, 4) is 0 Å². The number of ketones is 1. The summed E-state index contributed by atoms with van der Waals surface area (Å²) < 4.78 is 0. The number of rotatable bonds is 3. The van der Waals surface area contributed by atoms with E-state index in [2.05, 4.69) is 0 Å². The Morgan fingerprint density at radius 3 is 2.59 bits per heavy atom. The van der Waals surface area contributed by atoms with Gasteiger partial charge in [0, 0.05) is 29.6 Å². The van der Waals surface area contributed by atoms with Gasteiger partial charge in [-0.25, -0.2) is 0 Å². The van der Waals surface area contributed by atoms with Crippen molar-refractivity contribution in [3.05, 3.63) is 29.3 Å². The van der Waals surface area contributed by atoms with E-state index in [9.17, 15) is 9.59 Å². The van der Waals surface area contributed by atoms with Crippen LogP contribution in [0.2, 0.25) is 5.02 Å². The smallest absolute Gasteiger partial charge is 0.227 e. The van der Waals surface area contributed by atoms with E-state index in [0.717, 1.165) is 5.69 Å². The summed E-state index contributed by atoms with van der Waals surface area (Å²) >= 11 is 11.3. The molecule has 0 radical (unpaired) electrons. The van der Waals surface area contributed by atoms with Gasteiger partial charge in [0.15, 0.2) is 5.78 Å². The first-order valence-electron chi connectivity index (χ1n) is 5.26. The molecule has 0 aromatic heterocycles. The molecule has 0 saturated carbocycles. The van der Waals surface area contributed by atoms with Crippen LogP contribution in [-0.4, -0.2) is 24.1 Å². The van der Waals surface area contributed by atoms with Crippen LogP contribution < -0.4 is 4.90 Å². The quantitative estimate of drug-likeness (QED) is 0.793. The molecule has 1 heterocycles. The number of alkyl halides is 1. The first-order valence-corrected chi connectivity index (χ1v) is 6.17. The fourth-order valence-corrected chi connectivity index (χ4v) is 2.25. The molecule has 1 saturated heterocycles.